The number of hydrogen-bond acceptors (Lipinski definition) is 6. The Hall–Kier alpha value is -3.36. The van der Waals surface area contributed by atoms with Crippen LogP contribution in [-0.4, -0.2) is 19.9 Å². The first kappa shape index (κ1) is 21.9. The van der Waals surface area contributed by atoms with Crippen LogP contribution in [0.2, 0.25) is 0 Å². The van der Waals surface area contributed by atoms with Gasteiger partial charge in [-0.1, -0.05) is 35.5 Å². The molecule has 3 aromatic heterocycles. The Bertz CT molecular complexity index is 1240. The Morgan fingerprint density at radius 1 is 1.03 bits per heavy atom. The number of rotatable bonds is 8. The number of nitrogens with zero attached hydrogens (tertiary/aromatic N) is 3. The highest BCUT2D eigenvalue weighted by atomic mass is 31.2. The highest BCUT2D eigenvalue weighted by molar-refractivity contribution is 7.46. The Labute approximate surface area is 184 Å². The van der Waals surface area contributed by atoms with Crippen molar-refractivity contribution in [2.75, 3.05) is 5.73 Å². The van der Waals surface area contributed by atoms with Crippen molar-refractivity contribution in [1.82, 2.24) is 10.1 Å². The molecule has 0 spiro atoms. The molecule has 9 nitrogen and oxygen atoms in total. The largest absolute Gasteiger partial charge is 0.472 e. The van der Waals surface area contributed by atoms with Gasteiger partial charge in [-0.2, -0.15) is 0 Å². The number of nitrogen functional groups attached to an aromatic ring is 1. The molecule has 0 amide bonds. The van der Waals surface area contributed by atoms with E-state index in [1.165, 1.54) is 10.1 Å². The topological polar surface area (TPSA) is 136 Å². The quantitative estimate of drug-likeness (QED) is 0.274. The number of phosphoric ester groups is 1. The van der Waals surface area contributed by atoms with E-state index in [1.54, 1.807) is 30.6 Å². The summed E-state index contributed by atoms with van der Waals surface area (Å²) in [4.78, 5) is 21.9. The fourth-order valence-corrected chi connectivity index (χ4v) is 3.54. The molecule has 0 aliphatic carbocycles. The molecule has 4 aromatic rings. The van der Waals surface area contributed by atoms with Crippen molar-refractivity contribution < 1.29 is 28.0 Å². The number of nitrogens with two attached hydrogens (primary N) is 1. The highest BCUT2D eigenvalue weighted by Crippen LogP contribution is 2.35. The monoisotopic (exact) mass is 453 g/mol. The van der Waals surface area contributed by atoms with Crippen LogP contribution >= 0.6 is 7.82 Å². The number of aromatic nitrogens is 3. The van der Waals surface area contributed by atoms with Gasteiger partial charge in [-0.25, -0.2) is 13.7 Å². The van der Waals surface area contributed by atoms with Crippen molar-refractivity contribution in [2.45, 2.75) is 19.6 Å². The summed E-state index contributed by atoms with van der Waals surface area (Å²) in [7, 11) is -4.61. The molecule has 0 atom stereocenters. The van der Waals surface area contributed by atoms with Crippen molar-refractivity contribution in [3.05, 3.63) is 95.6 Å². The van der Waals surface area contributed by atoms with Gasteiger partial charge in [0.15, 0.2) is 5.76 Å². The molecule has 0 aliphatic heterocycles. The highest BCUT2D eigenvalue weighted by Gasteiger charge is 2.20. The second kappa shape index (κ2) is 9.42. The third-order valence-corrected chi connectivity index (χ3v) is 5.29. The van der Waals surface area contributed by atoms with E-state index in [2.05, 4.69) is 45.0 Å². The molecule has 0 radical (unpaired) electrons. The molecule has 4 N–H and O–H groups in total. The normalized spacial score (nSPS) is 11.6. The summed E-state index contributed by atoms with van der Waals surface area (Å²) in [5.74, 6) is 0.694. The lowest BCUT2D eigenvalue weighted by Gasteiger charge is -2.07. The molecule has 164 valence electrons. The van der Waals surface area contributed by atoms with Crippen LogP contribution in [0.1, 0.15) is 22.4 Å². The summed E-state index contributed by atoms with van der Waals surface area (Å²) in [6, 6.07) is 17.5. The first-order chi connectivity index (χ1) is 15.4. The minimum atomic E-state index is -4.61. The fourth-order valence-electron chi connectivity index (χ4n) is 3.27. The lowest BCUT2D eigenvalue weighted by atomic mass is 10.0. The second-order valence-corrected chi connectivity index (χ2v) is 8.48. The molecule has 3 heterocycles. The summed E-state index contributed by atoms with van der Waals surface area (Å²) in [5.41, 5.74) is 10.9. The molecule has 0 saturated carbocycles. The van der Waals surface area contributed by atoms with E-state index in [1.807, 2.05) is 12.3 Å². The third-order valence-electron chi connectivity index (χ3n) is 4.84. The van der Waals surface area contributed by atoms with E-state index < -0.39 is 14.6 Å². The van der Waals surface area contributed by atoms with Crippen molar-refractivity contribution >= 4 is 13.6 Å². The van der Waals surface area contributed by atoms with Crippen LogP contribution < -0.4 is 10.3 Å². The van der Waals surface area contributed by atoms with Crippen LogP contribution in [0.4, 0.5) is 5.82 Å². The van der Waals surface area contributed by atoms with E-state index in [9.17, 15) is 4.57 Å². The summed E-state index contributed by atoms with van der Waals surface area (Å²) < 4.78 is 22.3. The lowest BCUT2D eigenvalue weighted by molar-refractivity contribution is -0.711. The molecule has 0 bridgehead atoms. The summed E-state index contributed by atoms with van der Waals surface area (Å²) >= 11 is 0. The number of pyridine rings is 2. The zero-order valence-electron chi connectivity index (χ0n) is 17.0. The number of phosphoric acid groups is 1. The Balaban J connectivity index is 1.45. The Kier molecular flexibility index (Phi) is 6.43. The van der Waals surface area contributed by atoms with E-state index in [4.69, 9.17) is 20.0 Å². The predicted molar refractivity (Wildman–Crippen MR) is 116 cm³/mol. The SMILES string of the molecule is Nc1c(-c2cc(Cc3ccc(Cc4cccnc4)cc3)no2)ccc[n+]1COP(=O)(O)O. The van der Waals surface area contributed by atoms with Crippen LogP contribution in [0.15, 0.2) is 77.7 Å². The van der Waals surface area contributed by atoms with Crippen LogP contribution in [0, 0.1) is 0 Å². The van der Waals surface area contributed by atoms with Gasteiger partial charge < -0.3 is 14.3 Å². The maximum absolute atomic E-state index is 10.9. The lowest BCUT2D eigenvalue weighted by Crippen LogP contribution is -2.38. The van der Waals surface area contributed by atoms with Crippen molar-refractivity contribution in [3.8, 4) is 11.3 Å². The number of benzene rings is 1. The van der Waals surface area contributed by atoms with Gasteiger partial charge in [-0.15, -0.1) is 0 Å². The molecular formula is C22H22N4O5P+. The third kappa shape index (κ3) is 5.66. The molecule has 4 rings (SSSR count). The fraction of sp³-hybridized carbons (Fsp3) is 0.136. The van der Waals surface area contributed by atoms with Gasteiger partial charge in [-0.3, -0.25) is 10.7 Å². The van der Waals surface area contributed by atoms with E-state index in [-0.39, 0.29) is 5.82 Å². The number of hydrogen-bond donors (Lipinski definition) is 3. The van der Waals surface area contributed by atoms with E-state index >= 15 is 0 Å². The van der Waals surface area contributed by atoms with Crippen LogP contribution in [0.25, 0.3) is 11.3 Å². The van der Waals surface area contributed by atoms with Crippen molar-refractivity contribution in [2.24, 2.45) is 0 Å². The van der Waals surface area contributed by atoms with E-state index in [0.717, 1.165) is 23.2 Å². The van der Waals surface area contributed by atoms with Gasteiger partial charge in [0, 0.05) is 24.9 Å². The van der Waals surface area contributed by atoms with Gasteiger partial charge in [0.2, 0.25) is 6.73 Å². The zero-order valence-corrected chi connectivity index (χ0v) is 17.9. The molecule has 10 heteroatoms. The van der Waals surface area contributed by atoms with Crippen molar-refractivity contribution in [1.29, 1.82) is 0 Å². The molecular weight excluding hydrogens is 431 g/mol. The second-order valence-electron chi connectivity index (χ2n) is 7.24. The average molecular weight is 453 g/mol. The zero-order chi connectivity index (χ0) is 22.6. The maximum Gasteiger partial charge on any atom is 0.472 e. The molecule has 0 unspecified atom stereocenters. The molecule has 0 aliphatic rings. The summed E-state index contributed by atoms with van der Waals surface area (Å²) in [6.45, 7) is -0.393. The molecule has 0 fully saturated rings. The van der Waals surface area contributed by atoms with Crippen LogP contribution in [0.3, 0.4) is 0 Å². The minimum Gasteiger partial charge on any atom is -0.356 e. The smallest absolute Gasteiger partial charge is 0.356 e. The van der Waals surface area contributed by atoms with E-state index in [0.29, 0.717) is 17.7 Å². The molecule has 0 saturated heterocycles. The first-order valence-corrected chi connectivity index (χ1v) is 11.3. The van der Waals surface area contributed by atoms with Gasteiger partial charge in [0.25, 0.3) is 5.82 Å². The van der Waals surface area contributed by atoms with Gasteiger partial charge in [0.1, 0.15) is 5.56 Å². The Morgan fingerprint density at radius 3 is 2.47 bits per heavy atom. The predicted octanol–water partition coefficient (Wildman–Crippen LogP) is 2.85. The van der Waals surface area contributed by atoms with Crippen LogP contribution in [-0.2, 0) is 28.7 Å². The minimum absolute atomic E-state index is 0.239. The Morgan fingerprint density at radius 2 is 1.78 bits per heavy atom. The van der Waals surface area contributed by atoms with Crippen LogP contribution in [0.5, 0.6) is 0 Å². The van der Waals surface area contributed by atoms with Gasteiger partial charge in [0.05, 0.1) is 11.9 Å². The van der Waals surface area contributed by atoms with Crippen molar-refractivity contribution in [3.63, 3.8) is 0 Å². The van der Waals surface area contributed by atoms with Gasteiger partial charge >= 0.3 is 7.82 Å². The molecule has 1 aromatic carbocycles. The number of anilines is 1. The summed E-state index contributed by atoms with van der Waals surface area (Å²) in [5, 5.41) is 4.13. The molecule has 32 heavy (non-hydrogen) atoms. The maximum atomic E-state index is 10.9. The van der Waals surface area contributed by atoms with Gasteiger partial charge in [-0.05, 0) is 41.3 Å². The standard InChI is InChI=1S/C22H21N4O5P/c23-22-20(4-2-10-26(22)15-30-32(27,28)29)21-13-19(25-31-21)12-17-7-5-16(6-8-17)11-18-3-1-9-24-14-18/h1-10,13-14,23H,11-12,15H2,(H2,27,28,29)/p+1. The first-order valence-electron chi connectivity index (χ1n) is 9.78. The summed E-state index contributed by atoms with van der Waals surface area (Å²) in [6.07, 6.45) is 6.59. The average Bonchev–Trinajstić information content (AvgIpc) is 3.23.